The number of amides is 1. The molecule has 1 amide bonds. The molecular formula is C17H23NO3. The van der Waals surface area contributed by atoms with Crippen LogP contribution in [-0.2, 0) is 9.57 Å². The van der Waals surface area contributed by atoms with E-state index >= 15 is 0 Å². The number of benzene rings is 1. The summed E-state index contributed by atoms with van der Waals surface area (Å²) in [5, 5.41) is 1.19. The maximum Gasteiger partial charge on any atom is 0.435 e. The van der Waals surface area contributed by atoms with Crippen LogP contribution in [0.1, 0.15) is 32.4 Å². The van der Waals surface area contributed by atoms with Gasteiger partial charge in [-0.1, -0.05) is 42.5 Å². The molecule has 0 saturated carbocycles. The Kier molecular flexibility index (Phi) is 6.18. The van der Waals surface area contributed by atoms with Gasteiger partial charge >= 0.3 is 6.09 Å². The third kappa shape index (κ3) is 5.44. The van der Waals surface area contributed by atoms with Gasteiger partial charge in [0, 0.05) is 0 Å². The molecule has 1 rings (SSSR count). The van der Waals surface area contributed by atoms with Crippen molar-refractivity contribution in [3.05, 3.63) is 61.2 Å². The summed E-state index contributed by atoms with van der Waals surface area (Å²) < 4.78 is 5.38. The van der Waals surface area contributed by atoms with Gasteiger partial charge in [0.1, 0.15) is 11.6 Å². The topological polar surface area (TPSA) is 38.8 Å². The Morgan fingerprint density at radius 1 is 1.29 bits per heavy atom. The number of hydrogen-bond acceptors (Lipinski definition) is 3. The van der Waals surface area contributed by atoms with E-state index in [1.54, 1.807) is 12.2 Å². The predicted octanol–water partition coefficient (Wildman–Crippen LogP) is 4.27. The van der Waals surface area contributed by atoms with Crippen molar-refractivity contribution in [3.63, 3.8) is 0 Å². The van der Waals surface area contributed by atoms with Crippen molar-refractivity contribution >= 4 is 6.09 Å². The van der Waals surface area contributed by atoms with E-state index in [9.17, 15) is 4.79 Å². The van der Waals surface area contributed by atoms with E-state index in [0.29, 0.717) is 0 Å². The molecule has 0 aliphatic heterocycles. The molecule has 0 heterocycles. The first-order valence-corrected chi connectivity index (χ1v) is 6.82. The minimum absolute atomic E-state index is 0.205. The lowest BCUT2D eigenvalue weighted by atomic mass is 10.1. The third-order valence-electron chi connectivity index (χ3n) is 2.52. The Morgan fingerprint density at radius 3 is 2.38 bits per heavy atom. The van der Waals surface area contributed by atoms with E-state index in [2.05, 4.69) is 13.2 Å². The van der Waals surface area contributed by atoms with Crippen molar-refractivity contribution < 1.29 is 14.4 Å². The van der Waals surface area contributed by atoms with Crippen molar-refractivity contribution in [1.82, 2.24) is 5.06 Å². The molecule has 4 nitrogen and oxygen atoms in total. The molecule has 1 unspecified atom stereocenters. The number of rotatable bonds is 6. The normalized spacial score (nSPS) is 12.3. The van der Waals surface area contributed by atoms with Crippen LogP contribution in [-0.4, -0.2) is 23.4 Å². The SMILES string of the molecule is C=CCON(C(=O)OC(C)(C)C)C(C=C)c1ccccc1. The Balaban J connectivity index is 3.01. The van der Waals surface area contributed by atoms with Gasteiger partial charge in [-0.25, -0.2) is 4.79 Å². The number of carbonyl (C=O) groups is 1. The van der Waals surface area contributed by atoms with Gasteiger partial charge in [-0.05, 0) is 26.3 Å². The summed E-state index contributed by atoms with van der Waals surface area (Å²) in [6, 6.07) is 9.08. The Hall–Kier alpha value is -2.07. The largest absolute Gasteiger partial charge is 0.442 e. The highest BCUT2D eigenvalue weighted by atomic mass is 16.7. The number of nitrogens with zero attached hydrogens (tertiary/aromatic N) is 1. The highest BCUT2D eigenvalue weighted by Gasteiger charge is 2.28. The summed E-state index contributed by atoms with van der Waals surface area (Å²) in [5.41, 5.74) is 0.289. The van der Waals surface area contributed by atoms with Gasteiger partial charge in [-0.3, -0.25) is 4.84 Å². The summed E-state index contributed by atoms with van der Waals surface area (Å²) in [7, 11) is 0. The van der Waals surface area contributed by atoms with Gasteiger partial charge in [0.25, 0.3) is 0 Å². The molecule has 0 radical (unpaired) electrons. The monoisotopic (exact) mass is 289 g/mol. The molecule has 0 bridgehead atoms. The lowest BCUT2D eigenvalue weighted by Crippen LogP contribution is -2.38. The molecule has 1 aromatic carbocycles. The summed E-state index contributed by atoms with van der Waals surface area (Å²) in [4.78, 5) is 17.8. The highest BCUT2D eigenvalue weighted by molar-refractivity contribution is 5.68. The molecule has 21 heavy (non-hydrogen) atoms. The zero-order chi connectivity index (χ0) is 15.9. The molecule has 0 aliphatic rings. The van der Waals surface area contributed by atoms with Crippen LogP contribution in [0.25, 0.3) is 0 Å². The Morgan fingerprint density at radius 2 is 1.90 bits per heavy atom. The van der Waals surface area contributed by atoms with E-state index in [4.69, 9.17) is 9.57 Å². The van der Waals surface area contributed by atoms with E-state index in [1.807, 2.05) is 51.1 Å². The lowest BCUT2D eigenvalue weighted by Gasteiger charge is -2.30. The van der Waals surface area contributed by atoms with E-state index in [0.717, 1.165) is 5.56 Å². The second kappa shape index (κ2) is 7.64. The van der Waals surface area contributed by atoms with Gasteiger partial charge in [0.2, 0.25) is 0 Å². The second-order valence-corrected chi connectivity index (χ2v) is 5.48. The Labute approximate surface area is 126 Å². The molecule has 4 heteroatoms. The molecule has 0 N–H and O–H groups in total. The fourth-order valence-electron chi connectivity index (χ4n) is 1.70. The van der Waals surface area contributed by atoms with Crippen LogP contribution in [0.3, 0.4) is 0 Å². The minimum atomic E-state index is -0.602. The van der Waals surface area contributed by atoms with Crippen LogP contribution >= 0.6 is 0 Å². The molecule has 0 aromatic heterocycles. The van der Waals surface area contributed by atoms with E-state index < -0.39 is 17.7 Å². The zero-order valence-corrected chi connectivity index (χ0v) is 12.9. The van der Waals surface area contributed by atoms with E-state index in [-0.39, 0.29) is 6.61 Å². The molecule has 1 aromatic rings. The molecule has 1 atom stereocenters. The average Bonchev–Trinajstić information content (AvgIpc) is 2.42. The number of carbonyl (C=O) groups excluding carboxylic acids is 1. The highest BCUT2D eigenvalue weighted by Crippen LogP contribution is 2.24. The van der Waals surface area contributed by atoms with Crippen LogP contribution in [0.15, 0.2) is 55.6 Å². The first-order chi connectivity index (χ1) is 9.89. The second-order valence-electron chi connectivity index (χ2n) is 5.48. The summed E-state index contributed by atoms with van der Waals surface area (Å²) in [5.74, 6) is 0. The van der Waals surface area contributed by atoms with Crippen molar-refractivity contribution in [2.75, 3.05) is 6.61 Å². The maximum atomic E-state index is 12.3. The molecule has 0 saturated heterocycles. The molecule has 0 fully saturated rings. The minimum Gasteiger partial charge on any atom is -0.442 e. The molecular weight excluding hydrogens is 266 g/mol. The van der Waals surface area contributed by atoms with Crippen LogP contribution in [0.5, 0.6) is 0 Å². The maximum absolute atomic E-state index is 12.3. The number of ether oxygens (including phenoxy) is 1. The molecule has 114 valence electrons. The third-order valence-corrected chi connectivity index (χ3v) is 2.52. The van der Waals surface area contributed by atoms with Crippen molar-refractivity contribution in [2.45, 2.75) is 32.4 Å². The summed E-state index contributed by atoms with van der Waals surface area (Å²) in [6.07, 6.45) is 2.66. The molecule has 0 aliphatic carbocycles. The van der Waals surface area contributed by atoms with Crippen molar-refractivity contribution in [3.8, 4) is 0 Å². The molecule has 0 spiro atoms. The summed E-state index contributed by atoms with van der Waals surface area (Å²) >= 11 is 0. The smallest absolute Gasteiger partial charge is 0.435 e. The van der Waals surface area contributed by atoms with Gasteiger partial charge in [-0.2, -0.15) is 5.06 Å². The first-order valence-electron chi connectivity index (χ1n) is 6.82. The lowest BCUT2D eigenvalue weighted by molar-refractivity contribution is -0.154. The van der Waals surface area contributed by atoms with Gasteiger partial charge in [0.15, 0.2) is 0 Å². The van der Waals surface area contributed by atoms with E-state index in [1.165, 1.54) is 5.06 Å². The van der Waals surface area contributed by atoms with Crippen LogP contribution in [0.2, 0.25) is 0 Å². The predicted molar refractivity (Wildman–Crippen MR) is 83.6 cm³/mol. The summed E-state index contributed by atoms with van der Waals surface area (Å²) in [6.45, 7) is 13.0. The van der Waals surface area contributed by atoms with Crippen LogP contribution in [0, 0.1) is 0 Å². The van der Waals surface area contributed by atoms with Gasteiger partial charge < -0.3 is 4.74 Å². The quantitative estimate of drug-likeness (QED) is 0.580. The van der Waals surface area contributed by atoms with Crippen LogP contribution in [0.4, 0.5) is 4.79 Å². The Bertz CT molecular complexity index is 477. The number of hydroxylamine groups is 2. The fourth-order valence-corrected chi connectivity index (χ4v) is 1.70. The van der Waals surface area contributed by atoms with Gasteiger partial charge in [-0.15, -0.1) is 13.2 Å². The van der Waals surface area contributed by atoms with Gasteiger partial charge in [0.05, 0.1) is 6.61 Å². The zero-order valence-electron chi connectivity index (χ0n) is 12.9. The number of hydrogen-bond donors (Lipinski definition) is 0. The van der Waals surface area contributed by atoms with Crippen LogP contribution < -0.4 is 0 Å². The standard InChI is InChI=1S/C17H23NO3/c1-6-13-20-18(16(19)21-17(3,4)5)15(7-2)14-11-9-8-10-12-14/h6-12,15H,1-2,13H2,3-5H3. The fraction of sp³-hybridized carbons (Fsp3) is 0.353. The average molecular weight is 289 g/mol. The first kappa shape index (κ1) is 17.0. The van der Waals surface area contributed by atoms with Crippen molar-refractivity contribution in [1.29, 1.82) is 0 Å². The van der Waals surface area contributed by atoms with Crippen molar-refractivity contribution in [2.24, 2.45) is 0 Å².